The first kappa shape index (κ1) is 16.5. The third kappa shape index (κ3) is 3.49. The average Bonchev–Trinajstić information content (AvgIpc) is 3.02. The fraction of sp³-hybridized carbons (Fsp3) is 0.750. The smallest absolute Gasteiger partial charge is 0.389 e. The highest BCUT2D eigenvalue weighted by Crippen LogP contribution is 2.27. The maximum atomic E-state index is 12.9. The van der Waals surface area contributed by atoms with Crippen molar-refractivity contribution in [1.29, 1.82) is 0 Å². The molecular formula is C12H18F3N5O2. The number of alkyl halides is 3. The summed E-state index contributed by atoms with van der Waals surface area (Å²) in [6, 6.07) is -3.29. The molecule has 3 atom stereocenters. The van der Waals surface area contributed by atoms with Crippen molar-refractivity contribution in [1.82, 2.24) is 25.2 Å². The molecule has 1 aliphatic heterocycles. The Morgan fingerprint density at radius 3 is 2.59 bits per heavy atom. The van der Waals surface area contributed by atoms with Gasteiger partial charge in [-0.15, -0.1) is 5.10 Å². The van der Waals surface area contributed by atoms with Crippen molar-refractivity contribution < 1.29 is 23.1 Å². The number of aromatic nitrogens is 3. The molecule has 0 bridgehead atoms. The summed E-state index contributed by atoms with van der Waals surface area (Å²) in [5.74, 6) is -0.789. The number of rotatable bonds is 3. The molecule has 2 N–H and O–H groups in total. The Kier molecular flexibility index (Phi) is 4.59. The van der Waals surface area contributed by atoms with Crippen LogP contribution in [0.5, 0.6) is 0 Å². The number of nitrogens with one attached hydrogen (secondary N) is 1. The largest absolute Gasteiger partial charge is 0.408 e. The lowest BCUT2D eigenvalue weighted by atomic mass is 10.0. The summed E-state index contributed by atoms with van der Waals surface area (Å²) in [6.07, 6.45) is -2.47. The van der Waals surface area contributed by atoms with Crippen molar-refractivity contribution >= 4 is 6.03 Å². The zero-order valence-corrected chi connectivity index (χ0v) is 12.2. The molecule has 1 aromatic heterocycles. The van der Waals surface area contributed by atoms with E-state index in [0.717, 1.165) is 4.90 Å². The van der Waals surface area contributed by atoms with Gasteiger partial charge in [-0.3, -0.25) is 0 Å². The quantitative estimate of drug-likeness (QED) is 0.862. The predicted octanol–water partition coefficient (Wildman–Crippen LogP) is 0.792. The second kappa shape index (κ2) is 6.11. The van der Waals surface area contributed by atoms with E-state index in [2.05, 4.69) is 10.3 Å². The van der Waals surface area contributed by atoms with Crippen molar-refractivity contribution in [3.63, 3.8) is 0 Å². The van der Waals surface area contributed by atoms with E-state index in [-0.39, 0.29) is 13.1 Å². The number of hydrogen-bond donors (Lipinski definition) is 2. The Labute approximate surface area is 125 Å². The van der Waals surface area contributed by atoms with Gasteiger partial charge < -0.3 is 15.3 Å². The maximum Gasteiger partial charge on any atom is 0.408 e. The van der Waals surface area contributed by atoms with Gasteiger partial charge in [-0.05, 0) is 5.92 Å². The van der Waals surface area contributed by atoms with Gasteiger partial charge in [0.2, 0.25) is 0 Å². The predicted molar refractivity (Wildman–Crippen MR) is 69.9 cm³/mol. The first-order valence-electron chi connectivity index (χ1n) is 6.86. The molecule has 124 valence electrons. The van der Waals surface area contributed by atoms with Gasteiger partial charge in [0.15, 0.2) is 0 Å². The highest BCUT2D eigenvalue weighted by molar-refractivity contribution is 5.75. The first-order chi connectivity index (χ1) is 10.2. The van der Waals surface area contributed by atoms with Gasteiger partial charge >= 0.3 is 12.2 Å². The van der Waals surface area contributed by atoms with Crippen molar-refractivity contribution in [2.24, 2.45) is 5.92 Å². The van der Waals surface area contributed by atoms with Gasteiger partial charge in [0.1, 0.15) is 6.04 Å². The van der Waals surface area contributed by atoms with Crippen molar-refractivity contribution in [3.8, 4) is 0 Å². The molecule has 1 fully saturated rings. The van der Waals surface area contributed by atoms with Crippen LogP contribution in [0.2, 0.25) is 0 Å². The van der Waals surface area contributed by atoms with Crippen LogP contribution in [0.15, 0.2) is 12.4 Å². The molecule has 1 saturated heterocycles. The van der Waals surface area contributed by atoms with E-state index in [0.29, 0.717) is 0 Å². The molecule has 0 spiro atoms. The molecule has 0 aliphatic carbocycles. The van der Waals surface area contributed by atoms with Crippen LogP contribution in [0.4, 0.5) is 18.0 Å². The van der Waals surface area contributed by atoms with Gasteiger partial charge in [0.05, 0.1) is 24.9 Å². The molecule has 0 radical (unpaired) electrons. The van der Waals surface area contributed by atoms with Gasteiger partial charge in [0, 0.05) is 12.7 Å². The van der Waals surface area contributed by atoms with Gasteiger partial charge in [-0.1, -0.05) is 19.1 Å². The van der Waals surface area contributed by atoms with E-state index in [1.165, 1.54) is 30.9 Å². The molecule has 1 aliphatic rings. The van der Waals surface area contributed by atoms with Gasteiger partial charge in [-0.25, -0.2) is 9.48 Å². The Balaban J connectivity index is 2.02. The Hall–Kier alpha value is -1.84. The number of aliphatic hydroxyl groups is 1. The lowest BCUT2D eigenvalue weighted by Gasteiger charge is -2.27. The summed E-state index contributed by atoms with van der Waals surface area (Å²) in [5.41, 5.74) is 0. The van der Waals surface area contributed by atoms with Crippen LogP contribution in [0, 0.1) is 5.92 Å². The Morgan fingerprint density at radius 1 is 1.41 bits per heavy atom. The lowest BCUT2D eigenvalue weighted by Crippen LogP contribution is -2.52. The summed E-state index contributed by atoms with van der Waals surface area (Å²) in [4.78, 5) is 13.2. The summed E-state index contributed by atoms with van der Waals surface area (Å²) >= 11 is 0. The third-order valence-electron chi connectivity index (χ3n) is 3.63. The molecular weight excluding hydrogens is 303 g/mol. The minimum atomic E-state index is -4.52. The van der Waals surface area contributed by atoms with Crippen LogP contribution < -0.4 is 5.32 Å². The lowest BCUT2D eigenvalue weighted by molar-refractivity contribution is -0.162. The van der Waals surface area contributed by atoms with Gasteiger partial charge in [0.25, 0.3) is 0 Å². The first-order valence-corrected chi connectivity index (χ1v) is 6.86. The second-order valence-electron chi connectivity index (χ2n) is 5.64. The third-order valence-corrected chi connectivity index (χ3v) is 3.63. The van der Waals surface area contributed by atoms with E-state index < -0.39 is 36.3 Å². The van der Waals surface area contributed by atoms with Crippen LogP contribution in [0.3, 0.4) is 0 Å². The fourth-order valence-electron chi connectivity index (χ4n) is 2.44. The number of hydrogen-bond acceptors (Lipinski definition) is 4. The highest BCUT2D eigenvalue weighted by atomic mass is 19.4. The van der Waals surface area contributed by atoms with Gasteiger partial charge in [-0.2, -0.15) is 13.2 Å². The summed E-state index contributed by atoms with van der Waals surface area (Å²) in [5, 5.41) is 19.3. The number of amides is 2. The molecule has 22 heavy (non-hydrogen) atoms. The summed E-state index contributed by atoms with van der Waals surface area (Å²) in [7, 11) is 0. The zero-order valence-electron chi connectivity index (χ0n) is 12.2. The molecule has 0 aromatic carbocycles. The van der Waals surface area contributed by atoms with Crippen LogP contribution >= 0.6 is 0 Å². The number of carbonyl (C=O) groups is 1. The maximum absolute atomic E-state index is 12.9. The van der Waals surface area contributed by atoms with Crippen LogP contribution in [-0.4, -0.2) is 62.4 Å². The number of urea groups is 1. The number of nitrogens with zero attached hydrogens (tertiary/aromatic N) is 4. The van der Waals surface area contributed by atoms with Crippen molar-refractivity contribution in [2.45, 2.75) is 38.2 Å². The summed E-state index contributed by atoms with van der Waals surface area (Å²) in [6.45, 7) is 2.78. The minimum absolute atomic E-state index is 0.0565. The Morgan fingerprint density at radius 2 is 2.09 bits per heavy atom. The number of aliphatic hydroxyl groups excluding tert-OH is 1. The molecule has 7 nitrogen and oxygen atoms in total. The number of carbonyl (C=O) groups excluding carboxylic acids is 1. The van der Waals surface area contributed by atoms with E-state index in [1.54, 1.807) is 0 Å². The normalized spacial score (nSPS) is 23.9. The standard InChI is InChI=1S/C12H18F3N5O2/c1-7(2)10(12(13,14)15)17-11(22)19-5-8(9(21)6-19)20-4-3-16-18-20/h3-4,7-10,21H,5-6H2,1-2H3,(H,17,22)/t8-,9-,10?/m1/s1. The molecule has 2 heterocycles. The van der Waals surface area contributed by atoms with Crippen LogP contribution in [-0.2, 0) is 0 Å². The number of β-amino-alcohol motifs (C(OH)–C–C–N with tert-alkyl or cyclic N) is 1. The van der Waals surface area contributed by atoms with E-state index in [4.69, 9.17) is 0 Å². The van der Waals surface area contributed by atoms with Crippen molar-refractivity contribution in [3.05, 3.63) is 12.4 Å². The van der Waals surface area contributed by atoms with Crippen molar-refractivity contribution in [2.75, 3.05) is 13.1 Å². The summed E-state index contributed by atoms with van der Waals surface area (Å²) < 4.78 is 40.1. The SMILES string of the molecule is CC(C)C(NC(=O)N1C[C@@H](O)[C@H](n2ccnn2)C1)C(F)(F)F. The Bertz CT molecular complexity index is 505. The fourth-order valence-corrected chi connectivity index (χ4v) is 2.44. The van der Waals surface area contributed by atoms with E-state index in [1.807, 2.05) is 5.32 Å². The molecule has 2 amide bonds. The van der Waals surface area contributed by atoms with E-state index in [9.17, 15) is 23.1 Å². The van der Waals surface area contributed by atoms with Crippen LogP contribution in [0.1, 0.15) is 19.9 Å². The monoisotopic (exact) mass is 321 g/mol. The average molecular weight is 321 g/mol. The minimum Gasteiger partial charge on any atom is -0.389 e. The van der Waals surface area contributed by atoms with Crippen LogP contribution in [0.25, 0.3) is 0 Å². The topological polar surface area (TPSA) is 83.3 Å². The highest BCUT2D eigenvalue weighted by Gasteiger charge is 2.44. The molecule has 0 saturated carbocycles. The molecule has 1 unspecified atom stereocenters. The second-order valence-corrected chi connectivity index (χ2v) is 5.64. The number of likely N-dealkylation sites (tertiary alicyclic amines) is 1. The molecule has 1 aromatic rings. The molecule has 10 heteroatoms. The zero-order chi connectivity index (χ0) is 16.5. The van der Waals surface area contributed by atoms with E-state index >= 15 is 0 Å². The number of halogens is 3. The molecule has 2 rings (SSSR count).